The van der Waals surface area contributed by atoms with E-state index in [0.717, 1.165) is 56.4 Å². The quantitative estimate of drug-likeness (QED) is 0.828. The normalized spacial score (nSPS) is 20.6. The third-order valence-corrected chi connectivity index (χ3v) is 5.67. The van der Waals surface area contributed by atoms with Gasteiger partial charge in [-0.1, -0.05) is 19.3 Å². The topological polar surface area (TPSA) is 45.7 Å². The molecule has 128 valence electrons. The van der Waals surface area contributed by atoms with Crippen molar-refractivity contribution in [1.82, 2.24) is 14.8 Å². The highest BCUT2D eigenvalue weighted by atomic mass is 32.1. The van der Waals surface area contributed by atoms with Gasteiger partial charge in [-0.3, -0.25) is 9.69 Å². The number of hydrogen-bond acceptors (Lipinski definition) is 5. The molecule has 1 aliphatic heterocycles. The monoisotopic (exact) mass is 337 g/mol. The van der Waals surface area contributed by atoms with Crippen LogP contribution in [0.2, 0.25) is 0 Å². The molecule has 1 aromatic rings. The van der Waals surface area contributed by atoms with Crippen LogP contribution in [0.25, 0.3) is 0 Å². The number of thiazole rings is 1. The Balaban J connectivity index is 1.50. The molecule has 1 saturated carbocycles. The molecule has 1 saturated heterocycles. The van der Waals surface area contributed by atoms with E-state index in [4.69, 9.17) is 9.72 Å². The number of rotatable bonds is 5. The van der Waals surface area contributed by atoms with Gasteiger partial charge in [0.2, 0.25) is 5.91 Å². The lowest BCUT2D eigenvalue weighted by Crippen LogP contribution is -2.35. The molecule has 0 unspecified atom stereocenters. The summed E-state index contributed by atoms with van der Waals surface area (Å²) in [4.78, 5) is 21.5. The first-order chi connectivity index (χ1) is 11.2. The molecule has 2 aliphatic rings. The lowest BCUT2D eigenvalue weighted by atomic mass is 9.88. The van der Waals surface area contributed by atoms with Crippen molar-refractivity contribution in [2.24, 2.45) is 5.92 Å². The third-order valence-electron chi connectivity index (χ3n) is 4.79. The summed E-state index contributed by atoms with van der Waals surface area (Å²) >= 11 is 1.70. The van der Waals surface area contributed by atoms with Crippen LogP contribution in [-0.2, 0) is 22.6 Å². The number of ether oxygens (including phenoxy) is 1. The number of morpholine rings is 1. The molecule has 23 heavy (non-hydrogen) atoms. The maximum Gasteiger partial charge on any atom is 0.225 e. The van der Waals surface area contributed by atoms with Crippen LogP contribution in [0.3, 0.4) is 0 Å². The van der Waals surface area contributed by atoms with Crippen molar-refractivity contribution in [1.29, 1.82) is 0 Å². The fraction of sp³-hybridized carbons (Fsp3) is 0.765. The van der Waals surface area contributed by atoms with E-state index in [-0.39, 0.29) is 5.92 Å². The fourth-order valence-corrected chi connectivity index (χ4v) is 4.25. The second-order valence-corrected chi connectivity index (χ2v) is 7.59. The molecule has 3 rings (SSSR count). The highest BCUT2D eigenvalue weighted by molar-refractivity contribution is 7.09. The number of nitrogens with zero attached hydrogens (tertiary/aromatic N) is 3. The van der Waals surface area contributed by atoms with E-state index >= 15 is 0 Å². The molecule has 0 spiro atoms. The van der Waals surface area contributed by atoms with Crippen molar-refractivity contribution in [3.05, 3.63) is 16.1 Å². The van der Waals surface area contributed by atoms with E-state index in [9.17, 15) is 4.79 Å². The largest absolute Gasteiger partial charge is 0.379 e. The van der Waals surface area contributed by atoms with Gasteiger partial charge in [0.1, 0.15) is 5.01 Å². The first-order valence-electron chi connectivity index (χ1n) is 8.71. The van der Waals surface area contributed by atoms with Crippen LogP contribution in [0.15, 0.2) is 5.38 Å². The second kappa shape index (κ2) is 8.22. The summed E-state index contributed by atoms with van der Waals surface area (Å²) in [5.74, 6) is 0.535. The molecular formula is C17H27N3O2S. The molecule has 0 N–H and O–H groups in total. The van der Waals surface area contributed by atoms with Crippen LogP contribution in [0, 0.1) is 5.92 Å². The predicted molar refractivity (Wildman–Crippen MR) is 91.3 cm³/mol. The van der Waals surface area contributed by atoms with Crippen molar-refractivity contribution < 1.29 is 9.53 Å². The summed E-state index contributed by atoms with van der Waals surface area (Å²) in [5, 5.41) is 3.24. The van der Waals surface area contributed by atoms with E-state index in [2.05, 4.69) is 10.3 Å². The average molecular weight is 337 g/mol. The fourth-order valence-electron chi connectivity index (χ4n) is 3.43. The maximum absolute atomic E-state index is 12.5. The summed E-state index contributed by atoms with van der Waals surface area (Å²) in [7, 11) is 1.91. The van der Waals surface area contributed by atoms with Crippen LogP contribution in [0.1, 0.15) is 42.8 Å². The highest BCUT2D eigenvalue weighted by Crippen LogP contribution is 2.25. The molecule has 5 nitrogen and oxygen atoms in total. The van der Waals surface area contributed by atoms with Crippen molar-refractivity contribution in [2.45, 2.75) is 45.2 Å². The van der Waals surface area contributed by atoms with E-state index in [1.807, 2.05) is 11.9 Å². The van der Waals surface area contributed by atoms with E-state index in [1.165, 1.54) is 19.3 Å². The zero-order valence-corrected chi connectivity index (χ0v) is 14.8. The zero-order chi connectivity index (χ0) is 16.1. The number of amides is 1. The van der Waals surface area contributed by atoms with Crippen LogP contribution >= 0.6 is 11.3 Å². The highest BCUT2D eigenvalue weighted by Gasteiger charge is 2.24. The Kier molecular flexibility index (Phi) is 6.02. The van der Waals surface area contributed by atoms with Gasteiger partial charge in [-0.2, -0.15) is 0 Å². The van der Waals surface area contributed by atoms with Gasteiger partial charge >= 0.3 is 0 Å². The molecule has 2 fully saturated rings. The minimum Gasteiger partial charge on any atom is -0.379 e. The van der Waals surface area contributed by atoms with Gasteiger partial charge in [-0.25, -0.2) is 4.98 Å². The maximum atomic E-state index is 12.5. The SMILES string of the molecule is CN(Cc1csc(CN2CCOCC2)n1)C(=O)C1CCCCC1. The molecule has 1 amide bonds. The first-order valence-corrected chi connectivity index (χ1v) is 9.58. The van der Waals surface area contributed by atoms with Crippen LogP contribution in [0.4, 0.5) is 0 Å². The lowest BCUT2D eigenvalue weighted by molar-refractivity contribution is -0.135. The Labute approximate surface area is 142 Å². The Hall–Kier alpha value is -0.980. The van der Waals surface area contributed by atoms with Gasteiger partial charge in [0.05, 0.1) is 32.0 Å². The van der Waals surface area contributed by atoms with Crippen LogP contribution in [0.5, 0.6) is 0 Å². The standard InChI is InChI=1S/C17H27N3O2S/c1-19(17(21)14-5-3-2-4-6-14)11-15-13-23-16(18-15)12-20-7-9-22-10-8-20/h13-14H,2-12H2,1H3. The zero-order valence-electron chi connectivity index (χ0n) is 14.0. The molecule has 1 aliphatic carbocycles. The smallest absolute Gasteiger partial charge is 0.225 e. The Morgan fingerprint density at radius 1 is 1.35 bits per heavy atom. The summed E-state index contributed by atoms with van der Waals surface area (Å²) in [6, 6.07) is 0. The van der Waals surface area contributed by atoms with Crippen molar-refractivity contribution in [3.63, 3.8) is 0 Å². The van der Waals surface area contributed by atoms with E-state index in [0.29, 0.717) is 12.5 Å². The van der Waals surface area contributed by atoms with Gasteiger partial charge in [0.25, 0.3) is 0 Å². The molecule has 0 aromatic carbocycles. The summed E-state index contributed by atoms with van der Waals surface area (Å²) in [6.07, 6.45) is 5.80. The molecule has 0 atom stereocenters. The Morgan fingerprint density at radius 2 is 2.09 bits per heavy atom. The molecular weight excluding hydrogens is 310 g/mol. The van der Waals surface area contributed by atoms with E-state index in [1.54, 1.807) is 11.3 Å². The Bertz CT molecular complexity index is 508. The molecule has 6 heteroatoms. The minimum absolute atomic E-state index is 0.236. The molecule has 2 heterocycles. The number of carbonyl (C=O) groups is 1. The molecule has 0 bridgehead atoms. The van der Waals surface area contributed by atoms with Gasteiger partial charge in [-0.05, 0) is 12.8 Å². The third kappa shape index (κ3) is 4.75. The van der Waals surface area contributed by atoms with Crippen LogP contribution in [-0.4, -0.2) is 54.0 Å². The minimum atomic E-state index is 0.236. The predicted octanol–water partition coefficient (Wildman–Crippen LogP) is 2.51. The van der Waals surface area contributed by atoms with Gasteiger partial charge in [0, 0.05) is 31.4 Å². The van der Waals surface area contributed by atoms with Gasteiger partial charge in [0.15, 0.2) is 0 Å². The van der Waals surface area contributed by atoms with Gasteiger partial charge < -0.3 is 9.64 Å². The van der Waals surface area contributed by atoms with E-state index < -0.39 is 0 Å². The summed E-state index contributed by atoms with van der Waals surface area (Å²) in [5.41, 5.74) is 1.02. The summed E-state index contributed by atoms with van der Waals surface area (Å²) in [6.45, 7) is 5.13. The summed E-state index contributed by atoms with van der Waals surface area (Å²) < 4.78 is 5.38. The number of carbonyl (C=O) groups excluding carboxylic acids is 1. The molecule has 0 radical (unpaired) electrons. The van der Waals surface area contributed by atoms with Gasteiger partial charge in [-0.15, -0.1) is 11.3 Å². The average Bonchev–Trinajstić information content (AvgIpc) is 3.02. The van der Waals surface area contributed by atoms with Crippen LogP contribution < -0.4 is 0 Å². The van der Waals surface area contributed by atoms with Crippen molar-refractivity contribution >= 4 is 17.2 Å². The molecule has 1 aromatic heterocycles. The Morgan fingerprint density at radius 3 is 2.83 bits per heavy atom. The number of hydrogen-bond donors (Lipinski definition) is 0. The van der Waals surface area contributed by atoms with Crippen molar-refractivity contribution in [2.75, 3.05) is 33.4 Å². The lowest BCUT2D eigenvalue weighted by Gasteiger charge is -2.26. The van der Waals surface area contributed by atoms with Crippen molar-refractivity contribution in [3.8, 4) is 0 Å². The first kappa shape index (κ1) is 16.9. The number of aromatic nitrogens is 1. The second-order valence-electron chi connectivity index (χ2n) is 6.65.